The van der Waals surface area contributed by atoms with Gasteiger partial charge in [0.1, 0.15) is 11.5 Å². The molecule has 0 bridgehead atoms. The number of carbonyl (C=O) groups excluding carboxylic acids is 5. The minimum atomic E-state index is -0.427. The number of benzene rings is 3. The Morgan fingerprint density at radius 1 is 0.833 bits per heavy atom. The maximum Gasteiger partial charge on any atom is 0.261 e. The number of amides is 5. The molecule has 3 aliphatic heterocycles. The lowest BCUT2D eigenvalue weighted by Gasteiger charge is -2.17. The van der Waals surface area contributed by atoms with Crippen molar-refractivity contribution in [3.63, 3.8) is 0 Å². The minimum absolute atomic E-state index is 0.128. The molecule has 1 unspecified atom stereocenters. The summed E-state index contributed by atoms with van der Waals surface area (Å²) < 4.78 is 11.5. The van der Waals surface area contributed by atoms with Gasteiger partial charge in [0.2, 0.25) is 0 Å². The van der Waals surface area contributed by atoms with Crippen LogP contribution in [-0.2, 0) is 4.74 Å². The Labute approximate surface area is 242 Å². The fraction of sp³-hybridized carbons (Fsp3) is 0.281. The summed E-state index contributed by atoms with van der Waals surface area (Å²) in [7, 11) is 0. The Balaban J connectivity index is 1.10. The Morgan fingerprint density at radius 2 is 1.45 bits per heavy atom. The van der Waals surface area contributed by atoms with Crippen LogP contribution in [0.15, 0.2) is 60.7 Å². The summed E-state index contributed by atoms with van der Waals surface area (Å²) in [5, 5.41) is 2.79. The average Bonchev–Trinajstić information content (AvgIpc) is 3.64. The number of rotatable bonds is 8. The molecule has 0 saturated carbocycles. The van der Waals surface area contributed by atoms with E-state index in [-0.39, 0.29) is 47.4 Å². The summed E-state index contributed by atoms with van der Waals surface area (Å²) in [6, 6.07) is 15.9. The Hall–Kier alpha value is -4.83. The number of anilines is 1. The first-order chi connectivity index (χ1) is 20.2. The van der Waals surface area contributed by atoms with Crippen LogP contribution in [-0.4, -0.2) is 65.1 Å². The van der Waals surface area contributed by atoms with E-state index in [1.54, 1.807) is 42.5 Å². The standard InChI is InChI=1S/C32H29N3O7/c1-18(2)16-34-29(37)24-11-5-19(14-26(24)31(34)39)28(36)33-20-6-8-21(9-7-20)42-22-10-12-25-27(15-22)32(40)35(30(25)38)17-23-4-3-13-41-23/h5-12,14-15,18,23H,3-4,13,16-17H2,1-2H3,(H,33,36). The predicted octanol–water partition coefficient (Wildman–Crippen LogP) is 4.76. The normalized spacial score (nSPS) is 17.7. The van der Waals surface area contributed by atoms with E-state index in [1.165, 1.54) is 28.0 Å². The first-order valence-electron chi connectivity index (χ1n) is 13.9. The number of imide groups is 2. The molecule has 3 aromatic rings. The van der Waals surface area contributed by atoms with Crippen molar-refractivity contribution >= 4 is 35.2 Å². The van der Waals surface area contributed by atoms with E-state index in [1.807, 2.05) is 13.8 Å². The molecule has 0 aliphatic carbocycles. The molecule has 3 aromatic carbocycles. The molecule has 5 amide bonds. The lowest BCUT2D eigenvalue weighted by Crippen LogP contribution is -2.36. The highest BCUT2D eigenvalue weighted by molar-refractivity contribution is 6.22. The molecule has 0 aromatic heterocycles. The zero-order chi connectivity index (χ0) is 29.5. The Kier molecular flexibility index (Phi) is 7.07. The maximum atomic E-state index is 12.9. The molecule has 10 nitrogen and oxygen atoms in total. The summed E-state index contributed by atoms with van der Waals surface area (Å²) in [5.41, 5.74) is 1.91. The second-order valence-electron chi connectivity index (χ2n) is 11.0. The molecule has 1 atom stereocenters. The van der Waals surface area contributed by atoms with Crippen LogP contribution in [0.3, 0.4) is 0 Å². The van der Waals surface area contributed by atoms with Crippen LogP contribution in [0.2, 0.25) is 0 Å². The van der Waals surface area contributed by atoms with Crippen LogP contribution < -0.4 is 10.1 Å². The highest BCUT2D eigenvalue weighted by Gasteiger charge is 2.38. The van der Waals surface area contributed by atoms with E-state index >= 15 is 0 Å². The third kappa shape index (κ3) is 5.05. The molecule has 1 saturated heterocycles. The van der Waals surface area contributed by atoms with E-state index < -0.39 is 11.8 Å². The van der Waals surface area contributed by atoms with Crippen LogP contribution in [0.4, 0.5) is 5.69 Å². The number of hydrogen-bond donors (Lipinski definition) is 1. The first-order valence-corrected chi connectivity index (χ1v) is 13.9. The van der Waals surface area contributed by atoms with Gasteiger partial charge in [0.25, 0.3) is 29.5 Å². The zero-order valence-electron chi connectivity index (χ0n) is 23.2. The van der Waals surface area contributed by atoms with Crippen molar-refractivity contribution in [3.8, 4) is 11.5 Å². The van der Waals surface area contributed by atoms with Gasteiger partial charge in [-0.2, -0.15) is 0 Å². The molecule has 1 N–H and O–H groups in total. The highest BCUT2D eigenvalue weighted by Crippen LogP contribution is 2.31. The largest absolute Gasteiger partial charge is 0.457 e. The van der Waals surface area contributed by atoms with Crippen LogP contribution in [0, 0.1) is 5.92 Å². The first kappa shape index (κ1) is 27.3. The zero-order valence-corrected chi connectivity index (χ0v) is 23.2. The number of fused-ring (bicyclic) bond motifs is 2. The van der Waals surface area contributed by atoms with Crippen molar-refractivity contribution in [2.24, 2.45) is 5.92 Å². The fourth-order valence-corrected chi connectivity index (χ4v) is 5.40. The van der Waals surface area contributed by atoms with Gasteiger partial charge in [-0.15, -0.1) is 0 Å². The van der Waals surface area contributed by atoms with Crippen LogP contribution >= 0.6 is 0 Å². The van der Waals surface area contributed by atoms with Crippen molar-refractivity contribution in [1.82, 2.24) is 9.80 Å². The van der Waals surface area contributed by atoms with Gasteiger partial charge in [0.05, 0.1) is 34.9 Å². The topological polar surface area (TPSA) is 122 Å². The smallest absolute Gasteiger partial charge is 0.261 e. The fourth-order valence-electron chi connectivity index (χ4n) is 5.40. The van der Waals surface area contributed by atoms with E-state index in [0.717, 1.165) is 12.8 Å². The molecule has 1 fully saturated rings. The van der Waals surface area contributed by atoms with E-state index in [2.05, 4.69) is 5.32 Å². The number of nitrogens with zero attached hydrogens (tertiary/aromatic N) is 2. The predicted molar refractivity (Wildman–Crippen MR) is 152 cm³/mol. The quantitative estimate of drug-likeness (QED) is 0.390. The van der Waals surface area contributed by atoms with Gasteiger partial charge >= 0.3 is 0 Å². The van der Waals surface area contributed by atoms with Gasteiger partial charge in [-0.25, -0.2) is 0 Å². The lowest BCUT2D eigenvalue weighted by molar-refractivity contribution is 0.0474. The number of hydrogen-bond acceptors (Lipinski definition) is 7. The van der Waals surface area contributed by atoms with Gasteiger partial charge in [-0.1, -0.05) is 13.8 Å². The second kappa shape index (κ2) is 10.9. The highest BCUT2D eigenvalue weighted by atomic mass is 16.5. The number of nitrogens with one attached hydrogen (secondary N) is 1. The lowest BCUT2D eigenvalue weighted by atomic mass is 10.1. The van der Waals surface area contributed by atoms with Crippen molar-refractivity contribution < 1.29 is 33.4 Å². The molecule has 3 aliphatic rings. The molecule has 10 heteroatoms. The summed E-state index contributed by atoms with van der Waals surface area (Å²) in [6.45, 7) is 5.05. The molecule has 42 heavy (non-hydrogen) atoms. The minimum Gasteiger partial charge on any atom is -0.457 e. The van der Waals surface area contributed by atoms with E-state index in [4.69, 9.17) is 9.47 Å². The summed E-state index contributed by atoms with van der Waals surface area (Å²) in [6.07, 6.45) is 1.61. The van der Waals surface area contributed by atoms with Crippen LogP contribution in [0.5, 0.6) is 11.5 Å². The molecular weight excluding hydrogens is 538 g/mol. The molecule has 3 heterocycles. The molecular formula is C32H29N3O7. The van der Waals surface area contributed by atoms with Crippen molar-refractivity contribution in [2.75, 3.05) is 25.0 Å². The van der Waals surface area contributed by atoms with Crippen LogP contribution in [0.1, 0.15) is 78.5 Å². The summed E-state index contributed by atoms with van der Waals surface area (Å²) in [4.78, 5) is 66.4. The Morgan fingerprint density at radius 3 is 2.14 bits per heavy atom. The molecule has 6 rings (SSSR count). The number of ether oxygens (including phenoxy) is 2. The van der Waals surface area contributed by atoms with Gasteiger partial charge in [-0.3, -0.25) is 33.8 Å². The van der Waals surface area contributed by atoms with Crippen LogP contribution in [0.25, 0.3) is 0 Å². The van der Waals surface area contributed by atoms with E-state index in [0.29, 0.717) is 47.0 Å². The second-order valence-corrected chi connectivity index (χ2v) is 11.0. The maximum absolute atomic E-state index is 12.9. The van der Waals surface area contributed by atoms with Crippen molar-refractivity contribution in [2.45, 2.75) is 32.8 Å². The van der Waals surface area contributed by atoms with Gasteiger partial charge in [0.15, 0.2) is 0 Å². The van der Waals surface area contributed by atoms with Gasteiger partial charge < -0.3 is 14.8 Å². The average molecular weight is 568 g/mol. The third-order valence-corrected chi connectivity index (χ3v) is 7.48. The summed E-state index contributed by atoms with van der Waals surface area (Å²) in [5.74, 6) is -0.868. The van der Waals surface area contributed by atoms with E-state index in [9.17, 15) is 24.0 Å². The molecule has 0 spiro atoms. The Bertz CT molecular complexity index is 1620. The molecule has 214 valence electrons. The third-order valence-electron chi connectivity index (χ3n) is 7.48. The molecule has 0 radical (unpaired) electrons. The van der Waals surface area contributed by atoms with Gasteiger partial charge in [0, 0.05) is 24.4 Å². The summed E-state index contributed by atoms with van der Waals surface area (Å²) >= 11 is 0. The van der Waals surface area contributed by atoms with Gasteiger partial charge in [-0.05, 0) is 79.4 Å². The van der Waals surface area contributed by atoms with Crippen molar-refractivity contribution in [3.05, 3.63) is 88.5 Å². The SMILES string of the molecule is CC(C)CN1C(=O)c2ccc(C(=O)Nc3ccc(Oc4ccc5c(c4)C(=O)N(CC4CCCO4)C5=O)cc3)cc2C1=O. The monoisotopic (exact) mass is 567 g/mol. The number of carbonyl (C=O) groups is 5. The van der Waals surface area contributed by atoms with Crippen molar-refractivity contribution in [1.29, 1.82) is 0 Å².